The van der Waals surface area contributed by atoms with Crippen molar-refractivity contribution in [3.8, 4) is 11.1 Å². The molecule has 2 amide bonds. The first-order valence-electron chi connectivity index (χ1n) is 10.9. The lowest BCUT2D eigenvalue weighted by Gasteiger charge is -2.18. The number of carbonyl (C=O) groups excluding carboxylic acids is 2. The molecule has 9 heteroatoms. The Balaban J connectivity index is 1.34. The van der Waals surface area contributed by atoms with Crippen LogP contribution in [-0.2, 0) is 9.53 Å². The van der Waals surface area contributed by atoms with Crippen LogP contribution in [0.4, 0.5) is 10.5 Å². The third-order valence-electron chi connectivity index (χ3n) is 5.75. The van der Waals surface area contributed by atoms with Crippen LogP contribution in [0.3, 0.4) is 0 Å². The van der Waals surface area contributed by atoms with Gasteiger partial charge in [-0.15, -0.1) is 0 Å². The number of rotatable bonds is 7. The Bertz CT molecular complexity index is 1270. The van der Waals surface area contributed by atoms with E-state index in [2.05, 4.69) is 54.6 Å². The van der Waals surface area contributed by atoms with Gasteiger partial charge in [-0.1, -0.05) is 64.5 Å². The fourth-order valence-corrected chi connectivity index (χ4v) is 5.55. The van der Waals surface area contributed by atoms with Gasteiger partial charge in [-0.3, -0.25) is 4.79 Å². The van der Waals surface area contributed by atoms with Crippen LogP contribution >= 0.6 is 31.9 Å². The number of carboxylic acid groups (broad SMARTS) is 1. The lowest BCUT2D eigenvalue weighted by molar-refractivity contribution is -0.116. The van der Waals surface area contributed by atoms with E-state index in [4.69, 9.17) is 4.74 Å². The van der Waals surface area contributed by atoms with E-state index >= 15 is 0 Å². The van der Waals surface area contributed by atoms with Gasteiger partial charge >= 0.3 is 12.1 Å². The van der Waals surface area contributed by atoms with Crippen LogP contribution in [0.1, 0.15) is 40.7 Å². The fourth-order valence-electron chi connectivity index (χ4n) is 4.23. The largest absolute Gasteiger partial charge is 0.478 e. The maximum atomic E-state index is 12.5. The number of carboxylic acids is 1. The molecule has 35 heavy (non-hydrogen) atoms. The predicted molar refractivity (Wildman–Crippen MR) is 140 cm³/mol. The number of amides is 2. The topological polar surface area (TPSA) is 105 Å². The maximum Gasteiger partial charge on any atom is 0.407 e. The molecule has 3 aromatic rings. The van der Waals surface area contributed by atoms with Crippen molar-refractivity contribution in [1.29, 1.82) is 0 Å². The Morgan fingerprint density at radius 1 is 1.00 bits per heavy atom. The average Bonchev–Trinajstić information content (AvgIpc) is 3.12. The van der Waals surface area contributed by atoms with Gasteiger partial charge in [0.15, 0.2) is 0 Å². The highest BCUT2D eigenvalue weighted by Gasteiger charge is 2.29. The molecule has 0 saturated carbocycles. The zero-order valence-electron chi connectivity index (χ0n) is 18.7. The van der Waals surface area contributed by atoms with E-state index in [9.17, 15) is 19.5 Å². The minimum Gasteiger partial charge on any atom is -0.478 e. The van der Waals surface area contributed by atoms with Gasteiger partial charge in [-0.2, -0.15) is 0 Å². The summed E-state index contributed by atoms with van der Waals surface area (Å²) < 4.78 is 6.51. The molecule has 0 spiro atoms. The number of fused-ring (bicyclic) bond motifs is 3. The molecule has 1 aliphatic carbocycles. The molecule has 0 aromatic heterocycles. The van der Waals surface area contributed by atoms with Crippen molar-refractivity contribution in [1.82, 2.24) is 5.32 Å². The first-order chi connectivity index (χ1) is 16.7. The van der Waals surface area contributed by atoms with Crippen molar-refractivity contribution in [3.63, 3.8) is 0 Å². The number of benzene rings is 3. The molecule has 1 atom stereocenters. The molecule has 0 unspecified atom stereocenters. The van der Waals surface area contributed by atoms with Gasteiger partial charge in [0.1, 0.15) is 6.61 Å². The molecule has 7 nitrogen and oxygen atoms in total. The van der Waals surface area contributed by atoms with E-state index in [1.54, 1.807) is 13.0 Å². The highest BCUT2D eigenvalue weighted by atomic mass is 79.9. The molecule has 3 N–H and O–H groups in total. The molecular formula is C26H22Br2N2O5. The summed E-state index contributed by atoms with van der Waals surface area (Å²) in [6.07, 6.45) is -0.686. The van der Waals surface area contributed by atoms with E-state index in [0.717, 1.165) is 22.3 Å². The summed E-state index contributed by atoms with van der Waals surface area (Å²) in [5.74, 6) is -1.68. The van der Waals surface area contributed by atoms with Crippen molar-refractivity contribution in [2.24, 2.45) is 0 Å². The van der Waals surface area contributed by atoms with E-state index in [0.29, 0.717) is 8.95 Å². The number of ether oxygens (including phenoxy) is 1. The van der Waals surface area contributed by atoms with Crippen LogP contribution in [0.25, 0.3) is 11.1 Å². The monoisotopic (exact) mass is 600 g/mol. The summed E-state index contributed by atoms with van der Waals surface area (Å²) in [7, 11) is 0. The van der Waals surface area contributed by atoms with Crippen LogP contribution in [0.15, 0.2) is 69.6 Å². The minimum absolute atomic E-state index is 0.0586. The molecule has 4 rings (SSSR count). The van der Waals surface area contributed by atoms with Crippen LogP contribution in [0, 0.1) is 0 Å². The van der Waals surface area contributed by atoms with E-state index < -0.39 is 24.0 Å². The molecule has 0 fully saturated rings. The zero-order chi connectivity index (χ0) is 25.1. The van der Waals surface area contributed by atoms with Crippen molar-refractivity contribution in [3.05, 3.63) is 86.3 Å². The van der Waals surface area contributed by atoms with Gasteiger partial charge in [0.25, 0.3) is 0 Å². The molecule has 180 valence electrons. The van der Waals surface area contributed by atoms with E-state index in [1.165, 1.54) is 6.07 Å². The quantitative estimate of drug-likeness (QED) is 0.301. The SMILES string of the molecule is C[C@H](CC(=O)Nc1c(Br)cc(Br)cc1C(=O)O)NC(=O)OCC1c2ccccc2-c2ccccc21. The summed E-state index contributed by atoms with van der Waals surface area (Å²) >= 11 is 6.52. The fraction of sp³-hybridized carbons (Fsp3) is 0.192. The molecule has 0 aliphatic heterocycles. The Morgan fingerprint density at radius 2 is 1.60 bits per heavy atom. The first-order valence-corrected chi connectivity index (χ1v) is 12.5. The predicted octanol–water partition coefficient (Wildman–Crippen LogP) is 6.17. The summed E-state index contributed by atoms with van der Waals surface area (Å²) in [6.45, 7) is 1.85. The van der Waals surface area contributed by atoms with Crippen LogP contribution in [0.5, 0.6) is 0 Å². The molecule has 0 saturated heterocycles. The summed E-state index contributed by atoms with van der Waals surface area (Å²) in [5.41, 5.74) is 4.60. The Hall–Kier alpha value is -3.17. The molecule has 0 bridgehead atoms. The average molecular weight is 602 g/mol. The van der Waals surface area contributed by atoms with E-state index in [-0.39, 0.29) is 30.2 Å². The summed E-state index contributed by atoms with van der Waals surface area (Å²) in [4.78, 5) is 36.5. The Morgan fingerprint density at radius 3 is 2.20 bits per heavy atom. The first kappa shape index (κ1) is 24.9. The minimum atomic E-state index is -1.17. The molecule has 1 aliphatic rings. The zero-order valence-corrected chi connectivity index (χ0v) is 21.9. The third kappa shape index (κ3) is 5.57. The van der Waals surface area contributed by atoms with Gasteiger partial charge in [-0.25, -0.2) is 9.59 Å². The van der Waals surface area contributed by atoms with Gasteiger partial charge in [-0.05, 0) is 57.2 Å². The number of carbonyl (C=O) groups is 3. The number of nitrogens with one attached hydrogen (secondary N) is 2. The highest BCUT2D eigenvalue weighted by molar-refractivity contribution is 9.11. The molecular weight excluding hydrogens is 580 g/mol. The Labute approximate surface area is 219 Å². The van der Waals surface area contributed by atoms with Crippen molar-refractivity contribution >= 4 is 55.5 Å². The normalized spacial score (nSPS) is 12.9. The number of anilines is 1. The van der Waals surface area contributed by atoms with Gasteiger partial charge in [0.05, 0.1) is 11.3 Å². The lowest BCUT2D eigenvalue weighted by atomic mass is 9.98. The Kier molecular flexibility index (Phi) is 7.57. The van der Waals surface area contributed by atoms with Crippen molar-refractivity contribution < 1.29 is 24.2 Å². The van der Waals surface area contributed by atoms with Gasteiger partial charge < -0.3 is 20.5 Å². The van der Waals surface area contributed by atoms with Crippen LogP contribution < -0.4 is 10.6 Å². The maximum absolute atomic E-state index is 12.5. The highest BCUT2D eigenvalue weighted by Crippen LogP contribution is 2.44. The number of aromatic carboxylic acids is 1. The second-order valence-electron chi connectivity index (χ2n) is 8.24. The second kappa shape index (κ2) is 10.6. The van der Waals surface area contributed by atoms with Crippen molar-refractivity contribution in [2.75, 3.05) is 11.9 Å². The number of hydrogen-bond acceptors (Lipinski definition) is 4. The number of alkyl carbamates (subject to hydrolysis) is 1. The molecule has 0 heterocycles. The van der Waals surface area contributed by atoms with Crippen LogP contribution in [0.2, 0.25) is 0 Å². The molecule has 3 aromatic carbocycles. The smallest absolute Gasteiger partial charge is 0.407 e. The standard InChI is InChI=1S/C26H22Br2N2O5/c1-14(10-23(31)30-24-20(25(32)33)11-15(27)12-22(24)28)29-26(34)35-13-21-18-8-4-2-6-16(18)17-7-3-5-9-19(17)21/h2-9,11-12,14,21H,10,13H2,1H3,(H,29,34)(H,30,31)(H,32,33)/t14-/m1/s1. The van der Waals surface area contributed by atoms with Crippen LogP contribution in [-0.4, -0.2) is 35.7 Å². The van der Waals surface area contributed by atoms with Gasteiger partial charge in [0, 0.05) is 27.3 Å². The third-order valence-corrected chi connectivity index (χ3v) is 6.83. The summed E-state index contributed by atoms with van der Waals surface area (Å²) in [5, 5.41) is 14.7. The number of halogens is 2. The van der Waals surface area contributed by atoms with Gasteiger partial charge in [0.2, 0.25) is 5.91 Å². The lowest BCUT2D eigenvalue weighted by Crippen LogP contribution is -2.36. The van der Waals surface area contributed by atoms with Crippen molar-refractivity contribution in [2.45, 2.75) is 25.3 Å². The van der Waals surface area contributed by atoms with E-state index in [1.807, 2.05) is 36.4 Å². The molecule has 0 radical (unpaired) electrons. The summed E-state index contributed by atoms with van der Waals surface area (Å²) in [6, 6.07) is 18.6. The second-order valence-corrected chi connectivity index (χ2v) is 10.0. The number of hydrogen-bond donors (Lipinski definition) is 3.